The van der Waals surface area contributed by atoms with E-state index in [9.17, 15) is 0 Å². The zero-order valence-corrected chi connectivity index (χ0v) is 9.73. The predicted octanol–water partition coefficient (Wildman–Crippen LogP) is 2.98. The van der Waals surface area contributed by atoms with Crippen molar-refractivity contribution >= 4 is 26.7 Å². The molecule has 0 aliphatic rings. The molecule has 0 aliphatic carbocycles. The number of aryl methyl sites for hydroxylation is 1. The summed E-state index contributed by atoms with van der Waals surface area (Å²) in [6, 6.07) is 4.02. The van der Waals surface area contributed by atoms with Crippen molar-refractivity contribution < 1.29 is 4.74 Å². The second kappa shape index (κ2) is 4.06. The summed E-state index contributed by atoms with van der Waals surface area (Å²) in [7, 11) is 0. The molecule has 0 saturated carbocycles. The van der Waals surface area contributed by atoms with Crippen molar-refractivity contribution in [2.24, 2.45) is 0 Å². The lowest BCUT2D eigenvalue weighted by Gasteiger charge is -2.05. The number of anilines is 1. The Balaban J connectivity index is 2.42. The number of rotatable bonds is 3. The molecule has 0 unspecified atom stereocenters. The summed E-state index contributed by atoms with van der Waals surface area (Å²) in [4.78, 5) is 4.27. The van der Waals surface area contributed by atoms with E-state index in [1.165, 1.54) is 11.3 Å². The number of nitrogens with two attached hydrogens (primary N) is 1. The number of nitrogen functional groups attached to an aromatic ring is 1. The van der Waals surface area contributed by atoms with Crippen molar-refractivity contribution in [3.63, 3.8) is 0 Å². The number of aromatic nitrogens is 1. The largest absolute Gasteiger partial charge is 0.494 e. The molecule has 2 aromatic rings. The van der Waals surface area contributed by atoms with Crippen LogP contribution in [-0.2, 0) is 0 Å². The van der Waals surface area contributed by atoms with Crippen molar-refractivity contribution in [3.8, 4) is 5.75 Å². The molecule has 0 spiro atoms. The van der Waals surface area contributed by atoms with E-state index in [4.69, 9.17) is 10.5 Å². The minimum Gasteiger partial charge on any atom is -0.494 e. The first kappa shape index (κ1) is 10.2. The molecule has 80 valence electrons. The van der Waals surface area contributed by atoms with Crippen LogP contribution in [0.1, 0.15) is 18.9 Å². The monoisotopic (exact) mass is 222 g/mol. The molecule has 2 rings (SSSR count). The van der Waals surface area contributed by atoms with Crippen molar-refractivity contribution in [2.75, 3.05) is 12.3 Å². The molecular formula is C11H14N2OS. The van der Waals surface area contributed by atoms with E-state index in [1.807, 2.05) is 19.1 Å². The third-order valence-electron chi connectivity index (χ3n) is 2.15. The molecule has 0 atom stereocenters. The number of fused-ring (bicyclic) bond motifs is 1. The van der Waals surface area contributed by atoms with Gasteiger partial charge in [-0.15, -0.1) is 0 Å². The topological polar surface area (TPSA) is 48.1 Å². The Hall–Kier alpha value is -1.29. The van der Waals surface area contributed by atoms with Gasteiger partial charge in [0, 0.05) is 0 Å². The number of benzene rings is 1. The molecule has 15 heavy (non-hydrogen) atoms. The number of nitrogens with zero attached hydrogens (tertiary/aromatic N) is 1. The smallest absolute Gasteiger partial charge is 0.181 e. The Kier molecular flexibility index (Phi) is 2.77. The molecule has 1 aromatic carbocycles. The summed E-state index contributed by atoms with van der Waals surface area (Å²) >= 11 is 1.50. The molecule has 0 radical (unpaired) electrons. The molecule has 0 bridgehead atoms. The molecular weight excluding hydrogens is 208 g/mol. The molecule has 3 nitrogen and oxygen atoms in total. The number of hydrogen-bond donors (Lipinski definition) is 1. The summed E-state index contributed by atoms with van der Waals surface area (Å²) in [5, 5.41) is 0.612. The van der Waals surface area contributed by atoms with Gasteiger partial charge < -0.3 is 10.5 Å². The van der Waals surface area contributed by atoms with Gasteiger partial charge in [0.15, 0.2) is 5.13 Å². The van der Waals surface area contributed by atoms with E-state index in [0.29, 0.717) is 5.13 Å². The third kappa shape index (κ3) is 2.04. The highest BCUT2D eigenvalue weighted by Crippen LogP contribution is 2.30. The van der Waals surface area contributed by atoms with E-state index in [2.05, 4.69) is 11.9 Å². The van der Waals surface area contributed by atoms with Crippen LogP contribution in [-0.4, -0.2) is 11.6 Å². The second-order valence-corrected chi connectivity index (χ2v) is 4.55. The van der Waals surface area contributed by atoms with Gasteiger partial charge >= 0.3 is 0 Å². The number of hydrogen-bond acceptors (Lipinski definition) is 4. The van der Waals surface area contributed by atoms with Gasteiger partial charge in [-0.2, -0.15) is 0 Å². The van der Waals surface area contributed by atoms with Crippen molar-refractivity contribution in [1.82, 2.24) is 4.98 Å². The Morgan fingerprint density at radius 1 is 1.47 bits per heavy atom. The van der Waals surface area contributed by atoms with Crippen LogP contribution in [0.25, 0.3) is 10.2 Å². The quantitative estimate of drug-likeness (QED) is 0.868. The van der Waals surface area contributed by atoms with Crippen LogP contribution in [0.3, 0.4) is 0 Å². The maximum Gasteiger partial charge on any atom is 0.181 e. The molecule has 0 saturated heterocycles. The minimum atomic E-state index is 0.612. The van der Waals surface area contributed by atoms with Gasteiger partial charge in [-0.1, -0.05) is 18.3 Å². The van der Waals surface area contributed by atoms with Crippen LogP contribution < -0.4 is 10.5 Å². The van der Waals surface area contributed by atoms with Gasteiger partial charge in [0.1, 0.15) is 5.75 Å². The SMILES string of the molecule is CCCOc1cc(C)c2nc(N)sc2c1. The summed E-state index contributed by atoms with van der Waals surface area (Å²) < 4.78 is 6.69. The first-order valence-electron chi connectivity index (χ1n) is 5.00. The van der Waals surface area contributed by atoms with E-state index in [0.717, 1.165) is 34.6 Å². The Morgan fingerprint density at radius 2 is 2.27 bits per heavy atom. The first-order chi connectivity index (χ1) is 7.20. The van der Waals surface area contributed by atoms with Gasteiger partial charge in [0.05, 0.1) is 16.8 Å². The van der Waals surface area contributed by atoms with Crippen LogP contribution in [0, 0.1) is 6.92 Å². The Labute approximate surface area is 92.9 Å². The fourth-order valence-electron chi connectivity index (χ4n) is 1.49. The molecule has 2 N–H and O–H groups in total. The van der Waals surface area contributed by atoms with Gasteiger partial charge in [-0.3, -0.25) is 0 Å². The van der Waals surface area contributed by atoms with Gasteiger partial charge in [0.2, 0.25) is 0 Å². The highest BCUT2D eigenvalue weighted by atomic mass is 32.1. The highest BCUT2D eigenvalue weighted by Gasteiger charge is 2.06. The number of thiazole rings is 1. The maximum absolute atomic E-state index is 5.68. The van der Waals surface area contributed by atoms with Crippen molar-refractivity contribution in [2.45, 2.75) is 20.3 Å². The van der Waals surface area contributed by atoms with Crippen LogP contribution >= 0.6 is 11.3 Å². The highest BCUT2D eigenvalue weighted by molar-refractivity contribution is 7.22. The zero-order chi connectivity index (χ0) is 10.8. The molecule has 0 aliphatic heterocycles. The normalized spacial score (nSPS) is 10.8. The van der Waals surface area contributed by atoms with Crippen LogP contribution in [0.5, 0.6) is 5.75 Å². The zero-order valence-electron chi connectivity index (χ0n) is 8.91. The van der Waals surface area contributed by atoms with E-state index in [1.54, 1.807) is 0 Å². The fraction of sp³-hybridized carbons (Fsp3) is 0.364. The van der Waals surface area contributed by atoms with Gasteiger partial charge in [0.25, 0.3) is 0 Å². The average molecular weight is 222 g/mol. The number of ether oxygens (including phenoxy) is 1. The summed E-state index contributed by atoms with van der Waals surface area (Å²) in [5.74, 6) is 0.908. The molecule has 1 heterocycles. The summed E-state index contributed by atoms with van der Waals surface area (Å²) in [5.41, 5.74) is 7.78. The average Bonchev–Trinajstić information content (AvgIpc) is 2.56. The van der Waals surface area contributed by atoms with Crippen molar-refractivity contribution in [1.29, 1.82) is 0 Å². The predicted molar refractivity (Wildman–Crippen MR) is 64.6 cm³/mol. The molecule has 0 amide bonds. The van der Waals surface area contributed by atoms with Crippen LogP contribution in [0.2, 0.25) is 0 Å². The minimum absolute atomic E-state index is 0.612. The van der Waals surface area contributed by atoms with E-state index in [-0.39, 0.29) is 0 Å². The lowest BCUT2D eigenvalue weighted by Crippen LogP contribution is -1.95. The van der Waals surface area contributed by atoms with E-state index >= 15 is 0 Å². The van der Waals surface area contributed by atoms with E-state index < -0.39 is 0 Å². The molecule has 1 aromatic heterocycles. The maximum atomic E-state index is 5.68. The van der Waals surface area contributed by atoms with Gasteiger partial charge in [-0.05, 0) is 31.0 Å². The lowest BCUT2D eigenvalue weighted by molar-refractivity contribution is 0.318. The fourth-order valence-corrected chi connectivity index (χ4v) is 2.33. The molecule has 4 heteroatoms. The lowest BCUT2D eigenvalue weighted by atomic mass is 10.2. The van der Waals surface area contributed by atoms with Gasteiger partial charge in [-0.25, -0.2) is 4.98 Å². The summed E-state index contributed by atoms with van der Waals surface area (Å²) in [6.45, 7) is 4.87. The van der Waals surface area contributed by atoms with Crippen LogP contribution in [0.4, 0.5) is 5.13 Å². The first-order valence-corrected chi connectivity index (χ1v) is 5.82. The Morgan fingerprint density at radius 3 is 3.00 bits per heavy atom. The van der Waals surface area contributed by atoms with Crippen LogP contribution in [0.15, 0.2) is 12.1 Å². The van der Waals surface area contributed by atoms with Crippen molar-refractivity contribution in [3.05, 3.63) is 17.7 Å². The molecule has 0 fully saturated rings. The third-order valence-corrected chi connectivity index (χ3v) is 2.98. The standard InChI is InChI=1S/C11H14N2OS/c1-3-4-14-8-5-7(2)10-9(6-8)15-11(12)13-10/h5-6H,3-4H2,1-2H3,(H2,12,13). The Bertz CT molecular complexity index is 479. The second-order valence-electron chi connectivity index (χ2n) is 3.49. The summed E-state index contributed by atoms with van der Waals surface area (Å²) in [6.07, 6.45) is 1.02.